The molecular formula is C17H26OS. The molecule has 0 radical (unpaired) electrons. The fourth-order valence-electron chi connectivity index (χ4n) is 2.84. The van der Waals surface area contributed by atoms with Gasteiger partial charge in [0.1, 0.15) is 5.75 Å². The third-order valence-electron chi connectivity index (χ3n) is 4.61. The lowest BCUT2D eigenvalue weighted by Gasteiger charge is -2.26. The zero-order valence-corrected chi connectivity index (χ0v) is 13.1. The summed E-state index contributed by atoms with van der Waals surface area (Å²) < 4.78 is 6.00. The average molecular weight is 278 g/mol. The van der Waals surface area contributed by atoms with E-state index in [0.29, 0.717) is 11.3 Å². The van der Waals surface area contributed by atoms with E-state index in [1.807, 2.05) is 0 Å². The minimum absolute atomic E-state index is 0.318. The Morgan fingerprint density at radius 2 is 1.84 bits per heavy atom. The molecule has 0 aromatic heterocycles. The minimum atomic E-state index is 0.318. The van der Waals surface area contributed by atoms with Crippen LogP contribution in [0.15, 0.2) is 24.3 Å². The largest absolute Gasteiger partial charge is 0.493 e. The summed E-state index contributed by atoms with van der Waals surface area (Å²) in [6, 6.07) is 8.63. The van der Waals surface area contributed by atoms with Gasteiger partial charge in [0.05, 0.1) is 6.61 Å². The predicted molar refractivity (Wildman–Crippen MR) is 85.4 cm³/mol. The van der Waals surface area contributed by atoms with Gasteiger partial charge < -0.3 is 4.74 Å². The van der Waals surface area contributed by atoms with Crippen LogP contribution in [0.25, 0.3) is 0 Å². The molecule has 19 heavy (non-hydrogen) atoms. The fourth-order valence-corrected chi connectivity index (χ4v) is 3.25. The quantitative estimate of drug-likeness (QED) is 0.715. The Bertz CT molecular complexity index is 379. The summed E-state index contributed by atoms with van der Waals surface area (Å²) in [6.07, 6.45) is 6.37. The molecule has 0 spiro atoms. The van der Waals surface area contributed by atoms with Gasteiger partial charge in [-0.05, 0) is 48.6 Å². The molecule has 0 N–H and O–H groups in total. The molecule has 0 aliphatic heterocycles. The van der Waals surface area contributed by atoms with Crippen molar-refractivity contribution >= 4 is 12.6 Å². The summed E-state index contributed by atoms with van der Waals surface area (Å²) >= 11 is 4.52. The molecular weight excluding hydrogens is 252 g/mol. The lowest BCUT2D eigenvalue weighted by Crippen LogP contribution is -2.27. The molecule has 1 unspecified atom stereocenters. The predicted octanol–water partition coefficient (Wildman–Crippen LogP) is 5.07. The molecule has 2 rings (SSSR count). The molecule has 1 aromatic carbocycles. The zero-order chi connectivity index (χ0) is 13.7. The highest BCUT2D eigenvalue weighted by atomic mass is 32.1. The molecule has 0 amide bonds. The van der Waals surface area contributed by atoms with Crippen molar-refractivity contribution in [3.63, 3.8) is 0 Å². The van der Waals surface area contributed by atoms with Crippen LogP contribution in [-0.2, 0) is 0 Å². The van der Waals surface area contributed by atoms with Crippen molar-refractivity contribution < 1.29 is 4.74 Å². The average Bonchev–Trinajstić information content (AvgIpc) is 2.94. The Balaban J connectivity index is 1.92. The Morgan fingerprint density at radius 1 is 1.21 bits per heavy atom. The van der Waals surface area contributed by atoms with Crippen LogP contribution in [0.4, 0.5) is 0 Å². The first kappa shape index (κ1) is 14.8. The van der Waals surface area contributed by atoms with Gasteiger partial charge in [-0.3, -0.25) is 0 Å². The third-order valence-corrected chi connectivity index (χ3v) is 5.28. The second-order valence-electron chi connectivity index (χ2n) is 6.03. The van der Waals surface area contributed by atoms with E-state index in [1.165, 1.54) is 37.7 Å². The lowest BCUT2D eigenvalue weighted by atomic mass is 9.90. The van der Waals surface area contributed by atoms with E-state index in [0.717, 1.165) is 18.1 Å². The van der Waals surface area contributed by atoms with Gasteiger partial charge in [-0.25, -0.2) is 0 Å². The summed E-state index contributed by atoms with van der Waals surface area (Å²) in [5, 5.41) is 0. The van der Waals surface area contributed by atoms with Crippen molar-refractivity contribution in [2.24, 2.45) is 5.41 Å². The Kier molecular flexibility index (Phi) is 5.20. The third kappa shape index (κ3) is 3.68. The SMILES string of the molecule is CCC(C)c1ccc(OCC2(CS)CCCC2)cc1. The number of hydrogen-bond donors (Lipinski definition) is 1. The molecule has 1 aromatic rings. The summed E-state index contributed by atoms with van der Waals surface area (Å²) in [5.41, 5.74) is 1.72. The van der Waals surface area contributed by atoms with Crippen molar-refractivity contribution in [2.75, 3.05) is 12.4 Å². The number of thiol groups is 1. The minimum Gasteiger partial charge on any atom is -0.493 e. The van der Waals surface area contributed by atoms with Gasteiger partial charge >= 0.3 is 0 Å². The summed E-state index contributed by atoms with van der Waals surface area (Å²) in [7, 11) is 0. The van der Waals surface area contributed by atoms with Crippen LogP contribution in [0.3, 0.4) is 0 Å². The maximum atomic E-state index is 6.00. The van der Waals surface area contributed by atoms with E-state index in [9.17, 15) is 0 Å². The van der Waals surface area contributed by atoms with E-state index in [2.05, 4.69) is 50.7 Å². The van der Waals surface area contributed by atoms with Gasteiger partial charge in [0.15, 0.2) is 0 Å². The highest BCUT2D eigenvalue weighted by Gasteiger charge is 2.33. The second kappa shape index (κ2) is 6.69. The number of rotatable bonds is 6. The monoisotopic (exact) mass is 278 g/mol. The zero-order valence-electron chi connectivity index (χ0n) is 12.2. The Labute approximate surface area is 123 Å². The van der Waals surface area contributed by atoms with Crippen LogP contribution >= 0.6 is 12.6 Å². The molecule has 0 heterocycles. The van der Waals surface area contributed by atoms with Crippen molar-refractivity contribution in [1.29, 1.82) is 0 Å². The second-order valence-corrected chi connectivity index (χ2v) is 6.35. The number of hydrogen-bond acceptors (Lipinski definition) is 2. The van der Waals surface area contributed by atoms with Gasteiger partial charge in [-0.1, -0.05) is 38.8 Å². The molecule has 1 saturated carbocycles. The van der Waals surface area contributed by atoms with Crippen LogP contribution in [0, 0.1) is 5.41 Å². The first-order chi connectivity index (χ1) is 9.19. The van der Waals surface area contributed by atoms with Crippen LogP contribution in [0.1, 0.15) is 57.4 Å². The highest BCUT2D eigenvalue weighted by Crippen LogP contribution is 2.39. The van der Waals surface area contributed by atoms with E-state index >= 15 is 0 Å². The molecule has 1 aliphatic rings. The van der Waals surface area contributed by atoms with E-state index < -0.39 is 0 Å². The smallest absolute Gasteiger partial charge is 0.119 e. The Hall–Kier alpha value is -0.630. The molecule has 1 atom stereocenters. The van der Waals surface area contributed by atoms with Crippen LogP contribution in [0.5, 0.6) is 5.75 Å². The molecule has 1 aliphatic carbocycles. The standard InChI is InChI=1S/C17H26OS/c1-3-14(2)15-6-8-16(9-7-15)18-12-17(13-19)10-4-5-11-17/h6-9,14,19H,3-5,10-13H2,1-2H3. The summed E-state index contributed by atoms with van der Waals surface area (Å²) in [6.45, 7) is 5.31. The Morgan fingerprint density at radius 3 is 2.37 bits per heavy atom. The topological polar surface area (TPSA) is 9.23 Å². The van der Waals surface area contributed by atoms with Gasteiger partial charge in [0.25, 0.3) is 0 Å². The molecule has 1 fully saturated rings. The van der Waals surface area contributed by atoms with E-state index in [4.69, 9.17) is 4.74 Å². The van der Waals surface area contributed by atoms with Gasteiger partial charge in [0, 0.05) is 5.41 Å². The first-order valence-electron chi connectivity index (χ1n) is 7.53. The van der Waals surface area contributed by atoms with Crippen molar-refractivity contribution in [2.45, 2.75) is 51.9 Å². The normalized spacial score (nSPS) is 19.3. The van der Waals surface area contributed by atoms with E-state index in [1.54, 1.807) is 0 Å². The molecule has 1 nitrogen and oxygen atoms in total. The maximum absolute atomic E-state index is 6.00. The van der Waals surface area contributed by atoms with Gasteiger partial charge in [-0.15, -0.1) is 0 Å². The molecule has 2 heteroatoms. The summed E-state index contributed by atoms with van der Waals surface area (Å²) in [4.78, 5) is 0. The summed E-state index contributed by atoms with van der Waals surface area (Å²) in [5.74, 6) is 2.57. The van der Waals surface area contributed by atoms with Crippen molar-refractivity contribution in [1.82, 2.24) is 0 Å². The lowest BCUT2D eigenvalue weighted by molar-refractivity contribution is 0.173. The molecule has 0 bridgehead atoms. The fraction of sp³-hybridized carbons (Fsp3) is 0.647. The first-order valence-corrected chi connectivity index (χ1v) is 8.16. The van der Waals surface area contributed by atoms with Gasteiger partial charge in [0.2, 0.25) is 0 Å². The van der Waals surface area contributed by atoms with Crippen molar-refractivity contribution in [3.8, 4) is 5.75 Å². The molecule has 0 saturated heterocycles. The van der Waals surface area contributed by atoms with Gasteiger partial charge in [-0.2, -0.15) is 12.6 Å². The highest BCUT2D eigenvalue weighted by molar-refractivity contribution is 7.80. The maximum Gasteiger partial charge on any atom is 0.119 e. The van der Waals surface area contributed by atoms with Crippen LogP contribution in [0.2, 0.25) is 0 Å². The van der Waals surface area contributed by atoms with Crippen LogP contribution in [-0.4, -0.2) is 12.4 Å². The molecule has 106 valence electrons. The van der Waals surface area contributed by atoms with Crippen molar-refractivity contribution in [3.05, 3.63) is 29.8 Å². The van der Waals surface area contributed by atoms with E-state index in [-0.39, 0.29) is 0 Å². The number of ether oxygens (including phenoxy) is 1. The van der Waals surface area contributed by atoms with Crippen LogP contribution < -0.4 is 4.74 Å². The number of benzene rings is 1.